The Balaban J connectivity index is 2.02. The summed E-state index contributed by atoms with van der Waals surface area (Å²) in [5.74, 6) is -3.47. The summed E-state index contributed by atoms with van der Waals surface area (Å²) in [7, 11) is 0. The van der Waals surface area contributed by atoms with Crippen molar-refractivity contribution in [2.24, 2.45) is 0 Å². The molecule has 3 aromatic carbocycles. The van der Waals surface area contributed by atoms with Crippen LogP contribution in [0, 0.1) is 12.7 Å². The van der Waals surface area contributed by atoms with E-state index in [1.165, 1.54) is 24.3 Å². The number of hydrogen-bond acceptors (Lipinski definition) is 3. The lowest BCUT2D eigenvalue weighted by Gasteiger charge is -2.10. The van der Waals surface area contributed by atoms with Crippen molar-refractivity contribution in [3.8, 4) is 17.2 Å². The lowest BCUT2D eigenvalue weighted by molar-refractivity contribution is 0.290. The van der Waals surface area contributed by atoms with Gasteiger partial charge in [-0.25, -0.2) is 9.07 Å². The first-order valence-corrected chi connectivity index (χ1v) is 7.25. The fourth-order valence-electron chi connectivity index (χ4n) is 2.17. The van der Waals surface area contributed by atoms with Crippen LogP contribution in [-0.2, 0) is 6.56 Å². The Bertz CT molecular complexity index is 1610. The molecular weight excluding hydrogens is 331 g/mol. The molecule has 0 fully saturated rings. The number of phenolic OH excluding ortho intramolecular Hbond substituents is 1. The number of halogens is 1. The first-order valence-electron chi connectivity index (χ1n) is 13.7. The van der Waals surface area contributed by atoms with Crippen LogP contribution in [0.3, 0.4) is 0 Å². The van der Waals surface area contributed by atoms with Crippen LogP contribution in [0.15, 0.2) is 66.7 Å². The van der Waals surface area contributed by atoms with Crippen molar-refractivity contribution >= 4 is 10.9 Å². The van der Waals surface area contributed by atoms with E-state index in [1.54, 1.807) is 0 Å². The van der Waals surface area contributed by atoms with Crippen molar-refractivity contribution in [2.75, 3.05) is 0 Å². The SMILES string of the molecule is [2H]Oc1c([2H])c(C([2H])([2H])[2H])c([2H])c2c1c([2H])nn2-c1c([2H])c([2H])c(OC([2H])([2H])c2ccccc2[2H])c(F)c1[2H]. The fourth-order valence-corrected chi connectivity index (χ4v) is 2.17. The molecule has 4 nitrogen and oxygen atoms in total. The minimum Gasteiger partial charge on any atom is -0.507 e. The summed E-state index contributed by atoms with van der Waals surface area (Å²) in [4.78, 5) is 0. The van der Waals surface area contributed by atoms with Crippen LogP contribution in [0.25, 0.3) is 16.6 Å². The van der Waals surface area contributed by atoms with Crippen molar-refractivity contribution in [1.82, 2.24) is 9.78 Å². The Morgan fingerprint density at radius 2 is 2.27 bits per heavy atom. The molecule has 1 N–H and O–H groups in total. The Labute approximate surface area is 168 Å². The number of phenols is 1. The van der Waals surface area contributed by atoms with Crippen LogP contribution in [0.1, 0.15) is 27.6 Å². The van der Waals surface area contributed by atoms with Crippen molar-refractivity contribution in [3.05, 3.63) is 83.6 Å². The highest BCUT2D eigenvalue weighted by Gasteiger charge is 2.12. The summed E-state index contributed by atoms with van der Waals surface area (Å²) in [6.07, 6.45) is -0.749. The molecule has 0 aliphatic heterocycles. The molecule has 4 rings (SSSR count). The Morgan fingerprint density at radius 3 is 3.12 bits per heavy atom. The van der Waals surface area contributed by atoms with Crippen molar-refractivity contribution in [3.63, 3.8) is 0 Å². The molecule has 0 radical (unpaired) electrons. The number of ether oxygens (including phenoxy) is 1. The quantitative estimate of drug-likeness (QED) is 0.558. The Kier molecular flexibility index (Phi) is 1.78. The molecule has 4 aromatic rings. The third-order valence-electron chi connectivity index (χ3n) is 3.33. The minimum atomic E-state index is -3.07. The molecule has 0 aliphatic carbocycles. The monoisotopic (exact) mass is 361 g/mol. The minimum absolute atomic E-state index is 0.288. The van der Waals surface area contributed by atoms with Gasteiger partial charge in [0.1, 0.15) is 12.3 Å². The Hall–Kier alpha value is -3.34. The van der Waals surface area contributed by atoms with Gasteiger partial charge in [0.25, 0.3) is 1.43 Å². The summed E-state index contributed by atoms with van der Waals surface area (Å²) >= 11 is 0. The van der Waals surface area contributed by atoms with Crippen LogP contribution in [0.5, 0.6) is 11.5 Å². The van der Waals surface area contributed by atoms with Gasteiger partial charge in [-0.2, -0.15) is 5.10 Å². The predicted molar refractivity (Wildman–Crippen MR) is 98.2 cm³/mol. The van der Waals surface area contributed by atoms with Gasteiger partial charge in [-0.05, 0) is 42.1 Å². The highest BCUT2D eigenvalue weighted by atomic mass is 19.1. The predicted octanol–water partition coefficient (Wildman–Crippen LogP) is 4.76. The summed E-state index contributed by atoms with van der Waals surface area (Å²) in [5, 5.41) is 7.67. The van der Waals surface area contributed by atoms with E-state index in [-0.39, 0.29) is 11.6 Å². The van der Waals surface area contributed by atoms with E-state index in [4.69, 9.17) is 22.6 Å². The van der Waals surface area contributed by atoms with E-state index in [0.29, 0.717) is 4.68 Å². The van der Waals surface area contributed by atoms with Gasteiger partial charge in [0.15, 0.2) is 11.6 Å². The number of aromatic hydroxyl groups is 1. The fraction of sp³-hybridized carbons (Fsp3) is 0.0952. The van der Waals surface area contributed by atoms with Crippen molar-refractivity contribution < 1.29 is 30.7 Å². The van der Waals surface area contributed by atoms with E-state index < -0.39 is 89.3 Å². The normalized spacial score (nSPS) is 19.0. The van der Waals surface area contributed by atoms with Gasteiger partial charge in [-0.15, -0.1) is 0 Å². The molecule has 0 amide bonds. The highest BCUT2D eigenvalue weighted by molar-refractivity contribution is 5.86. The molecule has 0 saturated carbocycles. The summed E-state index contributed by atoms with van der Waals surface area (Å²) in [6, 6.07) is 0.136. The topological polar surface area (TPSA) is 47.3 Å². The van der Waals surface area contributed by atoms with Crippen LogP contribution < -0.4 is 4.74 Å². The van der Waals surface area contributed by atoms with Crippen LogP contribution >= 0.6 is 0 Å². The van der Waals surface area contributed by atoms with Crippen molar-refractivity contribution in [1.29, 1.82) is 1.43 Å². The van der Waals surface area contributed by atoms with Crippen molar-refractivity contribution in [2.45, 2.75) is 13.4 Å². The summed E-state index contributed by atoms with van der Waals surface area (Å²) in [5.41, 5.74) is -2.59. The number of aromatic nitrogens is 2. The lowest BCUT2D eigenvalue weighted by Crippen LogP contribution is -2.00. The van der Waals surface area contributed by atoms with Crippen LogP contribution in [0.2, 0.25) is 0 Å². The zero-order chi connectivity index (χ0) is 29.2. The van der Waals surface area contributed by atoms with E-state index in [1.807, 2.05) is 0 Å². The van der Waals surface area contributed by atoms with E-state index >= 15 is 4.39 Å². The largest absolute Gasteiger partial charge is 0.507 e. The Morgan fingerprint density at radius 1 is 1.31 bits per heavy atom. The maximum Gasteiger partial charge on any atom is 0.293 e. The molecular formula is C21H17FN2O2. The smallest absolute Gasteiger partial charge is 0.293 e. The van der Waals surface area contributed by atoms with E-state index in [9.17, 15) is 0 Å². The second-order valence-corrected chi connectivity index (χ2v) is 5.05. The molecule has 26 heavy (non-hydrogen) atoms. The second kappa shape index (κ2) is 6.52. The van der Waals surface area contributed by atoms with Gasteiger partial charge >= 0.3 is 0 Å². The third kappa shape index (κ3) is 2.99. The molecule has 1 aromatic heterocycles. The van der Waals surface area contributed by atoms with E-state index in [0.717, 1.165) is 0 Å². The van der Waals surface area contributed by atoms with Gasteiger partial charge in [0, 0.05) is 10.2 Å². The van der Waals surface area contributed by atoms with Gasteiger partial charge in [0.05, 0.1) is 35.1 Å². The standard InChI is InChI=1S/C21H17FN2O2/c1-14-9-19-17(20(25)10-14)12-23-24(19)16-7-8-21(18(22)11-16)26-13-15-5-3-2-4-6-15/h2-12,25H,13H2,1H3/i1D3,5D,7D,8D,9D,10D,11D,12D,13D2/hD. The zero-order valence-electron chi connectivity index (χ0n) is 25.9. The van der Waals surface area contributed by atoms with Crippen LogP contribution in [-0.4, -0.2) is 16.3 Å². The number of fused-ring (bicyclic) bond motifs is 1. The summed E-state index contributed by atoms with van der Waals surface area (Å²) in [6.45, 7) is -5.92. The average molecular weight is 361 g/mol. The van der Waals surface area contributed by atoms with Gasteiger partial charge < -0.3 is 9.85 Å². The third-order valence-corrected chi connectivity index (χ3v) is 3.33. The molecule has 130 valence electrons. The average Bonchev–Trinajstić information content (AvgIpc) is 3.17. The lowest BCUT2D eigenvalue weighted by atomic mass is 10.1. The molecule has 0 saturated heterocycles. The molecule has 0 bridgehead atoms. The number of nitrogens with zero attached hydrogens (tertiary/aromatic N) is 2. The number of benzene rings is 3. The molecule has 0 unspecified atom stereocenters. The first kappa shape index (κ1) is 7.11. The first-order chi connectivity index (χ1) is 18.0. The number of rotatable bonds is 5. The van der Waals surface area contributed by atoms with Crippen LogP contribution in [0.4, 0.5) is 4.39 Å². The maximum atomic E-state index is 15.5. The molecule has 5 heteroatoms. The number of hydrogen-bond donors (Lipinski definition) is 1. The molecule has 1 heterocycles. The van der Waals surface area contributed by atoms with Gasteiger partial charge in [-0.1, -0.05) is 30.3 Å². The van der Waals surface area contributed by atoms with Gasteiger partial charge in [0.2, 0.25) is 0 Å². The molecule has 0 spiro atoms. The zero-order valence-corrected chi connectivity index (χ0v) is 12.9. The van der Waals surface area contributed by atoms with Gasteiger partial charge in [-0.3, -0.25) is 0 Å². The summed E-state index contributed by atoms with van der Waals surface area (Å²) < 4.78 is 125. The molecule has 0 aliphatic rings. The van der Waals surface area contributed by atoms with E-state index in [2.05, 4.69) is 10.2 Å². The second-order valence-electron chi connectivity index (χ2n) is 5.05. The highest BCUT2D eigenvalue weighted by Crippen LogP contribution is 2.29. The molecule has 0 atom stereocenters. The maximum absolute atomic E-state index is 15.5.